The molecule has 2 unspecified atom stereocenters. The van der Waals surface area contributed by atoms with Crippen LogP contribution in [0.1, 0.15) is 13.3 Å². The summed E-state index contributed by atoms with van der Waals surface area (Å²) in [7, 11) is 1.78. The second-order valence-electron chi connectivity index (χ2n) is 3.34. The monoisotopic (exact) mass is 190 g/mol. The van der Waals surface area contributed by atoms with E-state index in [4.69, 9.17) is 15.9 Å². The highest BCUT2D eigenvalue weighted by Gasteiger charge is 2.13. The van der Waals surface area contributed by atoms with Gasteiger partial charge in [0.1, 0.15) is 6.04 Å². The number of likely N-dealkylation sites (N-methyl/N-ethyl adjacent to an activating group) is 1. The predicted molar refractivity (Wildman–Crippen MR) is 49.4 cm³/mol. The van der Waals surface area contributed by atoms with Crippen LogP contribution < -0.4 is 5.73 Å². The molecule has 0 saturated heterocycles. The Bertz CT molecular complexity index is 161. The van der Waals surface area contributed by atoms with Gasteiger partial charge in [0.05, 0.1) is 6.10 Å². The van der Waals surface area contributed by atoms with Crippen molar-refractivity contribution in [3.05, 3.63) is 0 Å². The van der Waals surface area contributed by atoms with Crippen molar-refractivity contribution in [2.45, 2.75) is 25.5 Å². The maximum atomic E-state index is 10.4. The average molecular weight is 190 g/mol. The number of nitrogens with zero attached hydrogens (tertiary/aromatic N) is 1. The SMILES string of the molecule is CC(O)CCN(C)CC(N)C(=O)O. The minimum absolute atomic E-state index is 0.308. The lowest BCUT2D eigenvalue weighted by Crippen LogP contribution is -2.41. The predicted octanol–water partition coefficient (Wildman–Crippen LogP) is -0.899. The van der Waals surface area contributed by atoms with E-state index in [1.54, 1.807) is 18.9 Å². The van der Waals surface area contributed by atoms with Gasteiger partial charge in [-0.15, -0.1) is 0 Å². The third-order valence-electron chi connectivity index (χ3n) is 1.75. The van der Waals surface area contributed by atoms with E-state index in [0.29, 0.717) is 19.5 Å². The van der Waals surface area contributed by atoms with Crippen molar-refractivity contribution < 1.29 is 15.0 Å². The molecule has 4 N–H and O–H groups in total. The molecule has 0 spiro atoms. The average Bonchev–Trinajstić information content (AvgIpc) is 2.00. The number of carboxylic acids is 1. The van der Waals surface area contributed by atoms with Gasteiger partial charge in [0, 0.05) is 13.1 Å². The fraction of sp³-hybridized carbons (Fsp3) is 0.875. The molecule has 0 aromatic carbocycles. The first-order valence-electron chi connectivity index (χ1n) is 4.28. The van der Waals surface area contributed by atoms with Gasteiger partial charge in [0.25, 0.3) is 0 Å². The lowest BCUT2D eigenvalue weighted by Gasteiger charge is -2.19. The van der Waals surface area contributed by atoms with Crippen LogP contribution in [0.4, 0.5) is 0 Å². The molecule has 2 atom stereocenters. The van der Waals surface area contributed by atoms with E-state index in [1.165, 1.54) is 0 Å². The van der Waals surface area contributed by atoms with E-state index in [1.807, 2.05) is 0 Å². The summed E-state index contributed by atoms with van der Waals surface area (Å²) >= 11 is 0. The van der Waals surface area contributed by atoms with Crippen LogP contribution in [-0.2, 0) is 4.79 Å². The highest BCUT2D eigenvalue weighted by molar-refractivity contribution is 5.73. The van der Waals surface area contributed by atoms with Crippen molar-refractivity contribution in [3.8, 4) is 0 Å². The van der Waals surface area contributed by atoms with Gasteiger partial charge in [-0.2, -0.15) is 0 Å². The summed E-state index contributed by atoms with van der Waals surface area (Å²) in [6, 6.07) is -0.848. The van der Waals surface area contributed by atoms with E-state index < -0.39 is 12.0 Å². The van der Waals surface area contributed by atoms with Gasteiger partial charge in [-0.25, -0.2) is 0 Å². The Morgan fingerprint density at radius 1 is 1.62 bits per heavy atom. The van der Waals surface area contributed by atoms with E-state index in [2.05, 4.69) is 0 Å². The van der Waals surface area contributed by atoms with Crippen LogP contribution >= 0.6 is 0 Å². The molecule has 0 bridgehead atoms. The van der Waals surface area contributed by atoms with Gasteiger partial charge in [-0.05, 0) is 20.4 Å². The second-order valence-corrected chi connectivity index (χ2v) is 3.34. The minimum Gasteiger partial charge on any atom is -0.480 e. The largest absolute Gasteiger partial charge is 0.480 e. The molecule has 13 heavy (non-hydrogen) atoms. The van der Waals surface area contributed by atoms with Crippen molar-refractivity contribution in [3.63, 3.8) is 0 Å². The molecule has 0 aliphatic carbocycles. The topological polar surface area (TPSA) is 86.8 Å². The van der Waals surface area contributed by atoms with Gasteiger partial charge in [-0.3, -0.25) is 4.79 Å². The lowest BCUT2D eigenvalue weighted by molar-refractivity contribution is -0.138. The summed E-state index contributed by atoms with van der Waals surface area (Å²) in [4.78, 5) is 12.2. The normalized spacial score (nSPS) is 15.8. The van der Waals surface area contributed by atoms with E-state index in [-0.39, 0.29) is 6.10 Å². The number of hydrogen-bond donors (Lipinski definition) is 3. The van der Waals surface area contributed by atoms with Crippen molar-refractivity contribution >= 4 is 5.97 Å². The molecule has 0 aliphatic heterocycles. The van der Waals surface area contributed by atoms with Gasteiger partial charge in [0.15, 0.2) is 0 Å². The van der Waals surface area contributed by atoms with Gasteiger partial charge >= 0.3 is 5.97 Å². The maximum absolute atomic E-state index is 10.4. The summed E-state index contributed by atoms with van der Waals surface area (Å²) in [6.07, 6.45) is 0.270. The lowest BCUT2D eigenvalue weighted by atomic mass is 10.2. The summed E-state index contributed by atoms with van der Waals surface area (Å²) in [6.45, 7) is 2.66. The quantitative estimate of drug-likeness (QED) is 0.505. The van der Waals surface area contributed by atoms with Crippen LogP contribution in [-0.4, -0.2) is 53.4 Å². The second kappa shape index (κ2) is 5.90. The zero-order chi connectivity index (χ0) is 10.4. The van der Waals surface area contributed by atoms with Crippen LogP contribution in [0.2, 0.25) is 0 Å². The Morgan fingerprint density at radius 3 is 2.54 bits per heavy atom. The third kappa shape index (κ3) is 6.51. The van der Waals surface area contributed by atoms with Crippen LogP contribution in [0, 0.1) is 0 Å². The Hall–Kier alpha value is -0.650. The number of nitrogens with two attached hydrogens (primary N) is 1. The van der Waals surface area contributed by atoms with Gasteiger partial charge in [-0.1, -0.05) is 0 Å². The molecule has 0 fully saturated rings. The molecule has 0 aromatic heterocycles. The number of carbonyl (C=O) groups is 1. The summed E-state index contributed by atoms with van der Waals surface area (Å²) in [5.74, 6) is -0.996. The molecule has 0 aromatic rings. The summed E-state index contributed by atoms with van der Waals surface area (Å²) in [5, 5.41) is 17.5. The molecule has 78 valence electrons. The highest BCUT2D eigenvalue weighted by Crippen LogP contribution is 1.94. The first-order chi connectivity index (χ1) is 5.93. The highest BCUT2D eigenvalue weighted by atomic mass is 16.4. The zero-order valence-corrected chi connectivity index (χ0v) is 8.10. The molecular formula is C8H18N2O3. The van der Waals surface area contributed by atoms with E-state index in [9.17, 15) is 4.79 Å². The fourth-order valence-electron chi connectivity index (χ4n) is 0.912. The van der Waals surface area contributed by atoms with Crippen LogP contribution in [0.15, 0.2) is 0 Å². The van der Waals surface area contributed by atoms with Crippen molar-refractivity contribution in [1.29, 1.82) is 0 Å². The molecule has 0 aliphatic rings. The van der Waals surface area contributed by atoms with Crippen molar-refractivity contribution in [2.24, 2.45) is 5.73 Å². The van der Waals surface area contributed by atoms with Crippen LogP contribution in [0.25, 0.3) is 0 Å². The van der Waals surface area contributed by atoms with E-state index in [0.717, 1.165) is 0 Å². The number of rotatable bonds is 6. The third-order valence-corrected chi connectivity index (χ3v) is 1.75. The number of aliphatic hydroxyl groups excluding tert-OH is 1. The molecule has 0 saturated carbocycles. The summed E-state index contributed by atoms with van der Waals surface area (Å²) < 4.78 is 0. The number of carboxylic acid groups (broad SMARTS) is 1. The first kappa shape index (κ1) is 12.3. The van der Waals surface area contributed by atoms with Gasteiger partial charge in [0.2, 0.25) is 0 Å². The minimum atomic E-state index is -0.996. The smallest absolute Gasteiger partial charge is 0.321 e. The molecular weight excluding hydrogens is 172 g/mol. The zero-order valence-electron chi connectivity index (χ0n) is 8.10. The molecule has 0 heterocycles. The maximum Gasteiger partial charge on any atom is 0.321 e. The Kier molecular flexibility index (Phi) is 5.61. The number of hydrogen-bond acceptors (Lipinski definition) is 4. The fourth-order valence-corrected chi connectivity index (χ4v) is 0.912. The standard InChI is InChI=1S/C8H18N2O3/c1-6(11)3-4-10(2)5-7(9)8(12)13/h6-7,11H,3-5,9H2,1-2H3,(H,12,13). The van der Waals surface area contributed by atoms with E-state index >= 15 is 0 Å². The molecule has 5 nitrogen and oxygen atoms in total. The number of aliphatic carboxylic acids is 1. The van der Waals surface area contributed by atoms with Crippen molar-refractivity contribution in [1.82, 2.24) is 4.90 Å². The Morgan fingerprint density at radius 2 is 2.15 bits per heavy atom. The van der Waals surface area contributed by atoms with Gasteiger partial charge < -0.3 is 20.8 Å². The molecule has 0 radical (unpaired) electrons. The van der Waals surface area contributed by atoms with Crippen LogP contribution in [0.3, 0.4) is 0 Å². The van der Waals surface area contributed by atoms with Crippen molar-refractivity contribution in [2.75, 3.05) is 20.1 Å². The number of aliphatic hydroxyl groups is 1. The molecule has 0 amide bonds. The Labute approximate surface area is 78.1 Å². The molecule has 5 heteroatoms. The summed E-state index contributed by atoms with van der Waals surface area (Å²) in [5.41, 5.74) is 5.32. The Balaban J connectivity index is 3.61. The van der Waals surface area contributed by atoms with Crippen LogP contribution in [0.5, 0.6) is 0 Å². The first-order valence-corrected chi connectivity index (χ1v) is 4.28. The molecule has 0 rings (SSSR count).